The van der Waals surface area contributed by atoms with Gasteiger partial charge in [0.05, 0.1) is 11.3 Å². The van der Waals surface area contributed by atoms with Gasteiger partial charge < -0.3 is 9.73 Å². The van der Waals surface area contributed by atoms with Gasteiger partial charge in [0.25, 0.3) is 0 Å². The van der Waals surface area contributed by atoms with E-state index in [-0.39, 0.29) is 0 Å². The van der Waals surface area contributed by atoms with E-state index >= 15 is 0 Å². The monoisotopic (exact) mass is 427 g/mol. The van der Waals surface area contributed by atoms with Crippen molar-refractivity contribution in [1.82, 2.24) is 4.98 Å². The number of thiazole rings is 1. The Kier molecular flexibility index (Phi) is 6.25. The molecule has 4 aromatic rings. The second-order valence-electron chi connectivity index (χ2n) is 7.14. The van der Waals surface area contributed by atoms with Crippen LogP contribution < -0.4 is 10.9 Å². The number of allylic oxidation sites excluding steroid dienone is 1. The standard InChI is InChI=1S/C25H21N3O2S/c1-2-3-6-17-9-11-20(12-10-17)27-15-19(14-26)24-28-22(16-31-24)21-13-18-7-4-5-8-23(18)30-25(21)29/h4-5,7-13,15-16,27H,2-3,6H2,1H3. The fourth-order valence-electron chi connectivity index (χ4n) is 3.21. The lowest BCUT2D eigenvalue weighted by Gasteiger charge is -2.04. The maximum absolute atomic E-state index is 12.4. The van der Waals surface area contributed by atoms with E-state index in [1.54, 1.807) is 23.7 Å². The fourth-order valence-corrected chi connectivity index (χ4v) is 3.99. The molecule has 0 aliphatic heterocycles. The Hall–Kier alpha value is -3.69. The van der Waals surface area contributed by atoms with Crippen LogP contribution >= 0.6 is 11.3 Å². The van der Waals surface area contributed by atoms with Gasteiger partial charge in [0, 0.05) is 22.7 Å². The lowest BCUT2D eigenvalue weighted by molar-refractivity contribution is 0.563. The summed E-state index contributed by atoms with van der Waals surface area (Å²) < 4.78 is 5.40. The molecule has 2 aromatic carbocycles. The molecule has 0 spiro atoms. The molecular formula is C25H21N3O2S. The van der Waals surface area contributed by atoms with Crippen LogP contribution in [0.4, 0.5) is 5.69 Å². The minimum absolute atomic E-state index is 0.383. The van der Waals surface area contributed by atoms with Crippen LogP contribution in [-0.4, -0.2) is 4.98 Å². The predicted octanol–water partition coefficient (Wildman–Crippen LogP) is 6.24. The number of nitriles is 1. The van der Waals surface area contributed by atoms with Crippen molar-refractivity contribution in [2.45, 2.75) is 26.2 Å². The van der Waals surface area contributed by atoms with Gasteiger partial charge in [-0.25, -0.2) is 9.78 Å². The molecule has 154 valence electrons. The van der Waals surface area contributed by atoms with Gasteiger partial charge in [0.2, 0.25) is 0 Å². The third-order valence-corrected chi connectivity index (χ3v) is 5.80. The van der Waals surface area contributed by atoms with Crippen molar-refractivity contribution >= 4 is 33.6 Å². The highest BCUT2D eigenvalue weighted by atomic mass is 32.1. The van der Waals surface area contributed by atoms with Crippen molar-refractivity contribution in [3.63, 3.8) is 0 Å². The Labute approximate surface area is 184 Å². The molecule has 5 nitrogen and oxygen atoms in total. The van der Waals surface area contributed by atoms with Gasteiger partial charge in [-0.05, 0) is 42.7 Å². The molecule has 0 fully saturated rings. The second-order valence-corrected chi connectivity index (χ2v) is 8.00. The highest BCUT2D eigenvalue weighted by Crippen LogP contribution is 2.26. The second kappa shape index (κ2) is 9.41. The molecule has 0 amide bonds. The van der Waals surface area contributed by atoms with Crippen LogP contribution in [0.1, 0.15) is 30.3 Å². The van der Waals surface area contributed by atoms with Gasteiger partial charge in [0.1, 0.15) is 22.2 Å². The molecule has 1 N–H and O–H groups in total. The Morgan fingerprint density at radius 2 is 2.03 bits per heavy atom. The highest BCUT2D eigenvalue weighted by molar-refractivity contribution is 7.11. The maximum Gasteiger partial charge on any atom is 0.345 e. The lowest BCUT2D eigenvalue weighted by Crippen LogP contribution is -2.02. The van der Waals surface area contributed by atoms with Crippen LogP contribution in [0.15, 0.2) is 75.4 Å². The van der Waals surface area contributed by atoms with Crippen molar-refractivity contribution in [1.29, 1.82) is 5.26 Å². The molecule has 4 rings (SSSR count). The van der Waals surface area contributed by atoms with Crippen molar-refractivity contribution in [3.8, 4) is 17.3 Å². The van der Waals surface area contributed by atoms with E-state index in [1.165, 1.54) is 29.7 Å². The zero-order chi connectivity index (χ0) is 21.6. The van der Waals surface area contributed by atoms with Gasteiger partial charge in [-0.3, -0.25) is 0 Å². The molecular weight excluding hydrogens is 406 g/mol. The molecule has 0 radical (unpaired) electrons. The van der Waals surface area contributed by atoms with Crippen molar-refractivity contribution in [2.75, 3.05) is 5.32 Å². The van der Waals surface area contributed by atoms with Gasteiger partial charge in [-0.1, -0.05) is 43.7 Å². The Bertz CT molecular complexity index is 1330. The minimum atomic E-state index is -0.445. The number of unbranched alkanes of at least 4 members (excludes halogenated alkanes) is 1. The summed E-state index contributed by atoms with van der Waals surface area (Å²) in [6.45, 7) is 2.18. The first-order chi connectivity index (χ1) is 15.2. The summed E-state index contributed by atoms with van der Waals surface area (Å²) >= 11 is 1.32. The molecule has 6 heteroatoms. The molecule has 0 aliphatic carbocycles. The first-order valence-electron chi connectivity index (χ1n) is 10.1. The van der Waals surface area contributed by atoms with Crippen LogP contribution in [-0.2, 0) is 6.42 Å². The van der Waals surface area contributed by atoms with Crippen LogP contribution in [0, 0.1) is 11.3 Å². The third kappa shape index (κ3) is 4.73. The van der Waals surface area contributed by atoms with Crippen molar-refractivity contribution in [2.24, 2.45) is 0 Å². The predicted molar refractivity (Wildman–Crippen MR) is 126 cm³/mol. The summed E-state index contributed by atoms with van der Waals surface area (Å²) in [4.78, 5) is 16.9. The van der Waals surface area contributed by atoms with E-state index in [0.717, 1.165) is 17.5 Å². The van der Waals surface area contributed by atoms with Crippen LogP contribution in [0.3, 0.4) is 0 Å². The maximum atomic E-state index is 12.4. The molecule has 2 aromatic heterocycles. The minimum Gasteiger partial charge on any atom is -0.422 e. The van der Waals surface area contributed by atoms with Crippen LogP contribution in [0.2, 0.25) is 0 Å². The zero-order valence-electron chi connectivity index (χ0n) is 17.1. The molecule has 0 saturated heterocycles. The topological polar surface area (TPSA) is 78.9 Å². The summed E-state index contributed by atoms with van der Waals surface area (Å²) in [6, 6.07) is 19.5. The molecule has 31 heavy (non-hydrogen) atoms. The number of aromatic nitrogens is 1. The largest absolute Gasteiger partial charge is 0.422 e. The summed E-state index contributed by atoms with van der Waals surface area (Å²) in [7, 11) is 0. The van der Waals surface area contributed by atoms with E-state index in [9.17, 15) is 10.1 Å². The molecule has 0 atom stereocenters. The van der Waals surface area contributed by atoms with Gasteiger partial charge in [-0.2, -0.15) is 5.26 Å². The average Bonchev–Trinajstić information content (AvgIpc) is 3.28. The Morgan fingerprint density at radius 3 is 2.81 bits per heavy atom. The van der Waals surface area contributed by atoms with Crippen molar-refractivity contribution < 1.29 is 4.42 Å². The summed E-state index contributed by atoms with van der Waals surface area (Å²) in [5, 5.41) is 15.9. The Morgan fingerprint density at radius 1 is 1.23 bits per heavy atom. The van der Waals surface area contributed by atoms with Crippen molar-refractivity contribution in [3.05, 3.63) is 87.2 Å². The molecule has 0 saturated carbocycles. The van der Waals surface area contributed by atoms with E-state index in [4.69, 9.17) is 4.42 Å². The van der Waals surface area contributed by atoms with Gasteiger partial charge in [0.15, 0.2) is 0 Å². The van der Waals surface area contributed by atoms with E-state index < -0.39 is 5.63 Å². The van der Waals surface area contributed by atoms with E-state index in [0.29, 0.717) is 27.4 Å². The first kappa shape index (κ1) is 20.6. The normalized spacial score (nSPS) is 11.4. The molecule has 0 bridgehead atoms. The van der Waals surface area contributed by atoms with Gasteiger partial charge >= 0.3 is 5.63 Å². The third-order valence-electron chi connectivity index (χ3n) is 4.93. The highest BCUT2D eigenvalue weighted by Gasteiger charge is 2.13. The SMILES string of the molecule is CCCCc1ccc(NC=C(C#N)c2nc(-c3cc4ccccc4oc3=O)cs2)cc1. The number of aryl methyl sites for hydroxylation is 1. The molecule has 0 aliphatic rings. The molecule has 0 unspecified atom stereocenters. The number of nitrogens with zero attached hydrogens (tertiary/aromatic N) is 2. The fraction of sp³-hybridized carbons (Fsp3) is 0.160. The van der Waals surface area contributed by atoms with Crippen LogP contribution in [0.5, 0.6) is 0 Å². The quantitative estimate of drug-likeness (QED) is 0.279. The van der Waals surface area contributed by atoms with Gasteiger partial charge in [-0.15, -0.1) is 11.3 Å². The number of para-hydroxylation sites is 1. The smallest absolute Gasteiger partial charge is 0.345 e. The number of benzene rings is 2. The first-order valence-corrected chi connectivity index (χ1v) is 11.0. The van der Waals surface area contributed by atoms with Crippen LogP contribution in [0.25, 0.3) is 27.8 Å². The summed E-state index contributed by atoms with van der Waals surface area (Å²) in [5.41, 5.74) is 3.58. The number of hydrogen-bond donors (Lipinski definition) is 1. The molecule has 2 heterocycles. The number of hydrogen-bond acceptors (Lipinski definition) is 6. The average molecular weight is 428 g/mol. The lowest BCUT2D eigenvalue weighted by atomic mass is 10.1. The summed E-state index contributed by atoms with van der Waals surface area (Å²) in [5.74, 6) is 0. The Balaban J connectivity index is 1.55. The number of nitrogens with one attached hydrogen (secondary N) is 1. The zero-order valence-corrected chi connectivity index (χ0v) is 17.9. The number of rotatable bonds is 7. The summed E-state index contributed by atoms with van der Waals surface area (Å²) in [6.07, 6.45) is 5.06. The number of fused-ring (bicyclic) bond motifs is 1. The van der Waals surface area contributed by atoms with E-state index in [1.807, 2.05) is 30.3 Å². The number of anilines is 1. The van der Waals surface area contributed by atoms with E-state index in [2.05, 4.69) is 35.4 Å².